The van der Waals surface area contributed by atoms with E-state index in [1.165, 1.54) is 11.6 Å². The summed E-state index contributed by atoms with van der Waals surface area (Å²) < 4.78 is 16.5. The molecule has 2 aromatic rings. The standard InChI is InChI=1S/C25H31ClN2O4/c1-3-11-32-25-22(26)15-19(16-23(25)30-2)7-8-24(29)27-17-20-5-4-6-21(14-20)18-28-9-12-31-13-10-28/h4-8,14-16H,3,9-13,17-18H2,1-2H3,(H,27,29). The number of methoxy groups -OCH3 is 1. The Morgan fingerprint density at radius 1 is 1.22 bits per heavy atom. The molecule has 1 aliphatic heterocycles. The van der Waals surface area contributed by atoms with Gasteiger partial charge in [0.15, 0.2) is 11.5 Å². The number of amides is 1. The summed E-state index contributed by atoms with van der Waals surface area (Å²) in [5, 5.41) is 3.39. The van der Waals surface area contributed by atoms with Gasteiger partial charge in [0.25, 0.3) is 0 Å². The minimum absolute atomic E-state index is 0.176. The average molecular weight is 459 g/mol. The highest BCUT2D eigenvalue weighted by molar-refractivity contribution is 6.32. The Bertz CT molecular complexity index is 926. The highest BCUT2D eigenvalue weighted by atomic mass is 35.5. The molecule has 0 unspecified atom stereocenters. The number of hydrogen-bond donors (Lipinski definition) is 1. The Kier molecular flexibility index (Phi) is 9.41. The lowest BCUT2D eigenvalue weighted by Crippen LogP contribution is -2.35. The molecule has 0 saturated carbocycles. The summed E-state index contributed by atoms with van der Waals surface area (Å²) in [6.45, 7) is 7.41. The minimum atomic E-state index is -0.176. The number of ether oxygens (including phenoxy) is 3. The third-order valence-electron chi connectivity index (χ3n) is 5.10. The predicted octanol–water partition coefficient (Wildman–Crippen LogP) is 4.30. The topological polar surface area (TPSA) is 60.0 Å². The summed E-state index contributed by atoms with van der Waals surface area (Å²) >= 11 is 6.34. The van der Waals surface area contributed by atoms with Crippen LogP contribution in [-0.2, 0) is 22.6 Å². The van der Waals surface area contributed by atoms with Gasteiger partial charge in [-0.25, -0.2) is 0 Å². The van der Waals surface area contributed by atoms with Crippen molar-refractivity contribution in [1.82, 2.24) is 10.2 Å². The van der Waals surface area contributed by atoms with E-state index in [4.69, 9.17) is 25.8 Å². The van der Waals surface area contributed by atoms with E-state index in [-0.39, 0.29) is 5.91 Å². The molecule has 0 bridgehead atoms. The molecule has 6 nitrogen and oxygen atoms in total. The summed E-state index contributed by atoms with van der Waals surface area (Å²) in [5.41, 5.74) is 3.07. The largest absolute Gasteiger partial charge is 0.493 e. The fraction of sp³-hybridized carbons (Fsp3) is 0.400. The first kappa shape index (κ1) is 24.1. The molecule has 0 atom stereocenters. The van der Waals surface area contributed by atoms with Crippen LogP contribution in [0.5, 0.6) is 11.5 Å². The molecule has 0 aliphatic carbocycles. The molecule has 2 aromatic carbocycles. The first-order valence-corrected chi connectivity index (χ1v) is 11.3. The number of nitrogens with zero attached hydrogens (tertiary/aromatic N) is 1. The summed E-state index contributed by atoms with van der Waals surface area (Å²) in [6.07, 6.45) is 4.08. The Hall–Kier alpha value is -2.54. The van der Waals surface area contributed by atoms with Gasteiger partial charge in [-0.2, -0.15) is 0 Å². The Morgan fingerprint density at radius 2 is 2.00 bits per heavy atom. The van der Waals surface area contributed by atoms with Crippen LogP contribution in [-0.4, -0.2) is 50.8 Å². The molecule has 0 aromatic heterocycles. The van der Waals surface area contributed by atoms with E-state index in [2.05, 4.69) is 22.3 Å². The maximum atomic E-state index is 12.3. The number of morpholine rings is 1. The third-order valence-corrected chi connectivity index (χ3v) is 5.38. The van der Waals surface area contributed by atoms with E-state index in [0.29, 0.717) is 29.7 Å². The molecule has 1 heterocycles. The zero-order valence-corrected chi connectivity index (χ0v) is 19.5. The molecular formula is C25H31ClN2O4. The van der Waals surface area contributed by atoms with Crippen molar-refractivity contribution in [3.63, 3.8) is 0 Å². The number of carbonyl (C=O) groups is 1. The number of rotatable bonds is 10. The van der Waals surface area contributed by atoms with Crippen molar-refractivity contribution >= 4 is 23.6 Å². The van der Waals surface area contributed by atoms with E-state index < -0.39 is 0 Å². The highest BCUT2D eigenvalue weighted by Gasteiger charge is 2.12. The van der Waals surface area contributed by atoms with E-state index in [9.17, 15) is 4.79 Å². The van der Waals surface area contributed by atoms with Gasteiger partial charge in [0.2, 0.25) is 5.91 Å². The van der Waals surface area contributed by atoms with Gasteiger partial charge in [0, 0.05) is 32.3 Å². The van der Waals surface area contributed by atoms with Crippen LogP contribution in [0.4, 0.5) is 0 Å². The average Bonchev–Trinajstić information content (AvgIpc) is 2.81. The molecule has 1 amide bonds. The molecule has 3 rings (SSSR count). The van der Waals surface area contributed by atoms with Gasteiger partial charge in [-0.3, -0.25) is 9.69 Å². The van der Waals surface area contributed by atoms with Crippen LogP contribution in [0.15, 0.2) is 42.5 Å². The highest BCUT2D eigenvalue weighted by Crippen LogP contribution is 2.36. The van der Waals surface area contributed by atoms with Gasteiger partial charge in [0.05, 0.1) is 32.0 Å². The van der Waals surface area contributed by atoms with Gasteiger partial charge >= 0.3 is 0 Å². The number of benzene rings is 2. The van der Waals surface area contributed by atoms with Crippen molar-refractivity contribution in [2.24, 2.45) is 0 Å². The van der Waals surface area contributed by atoms with Crippen LogP contribution >= 0.6 is 11.6 Å². The van der Waals surface area contributed by atoms with Gasteiger partial charge in [-0.1, -0.05) is 42.8 Å². The maximum absolute atomic E-state index is 12.3. The molecule has 1 N–H and O–H groups in total. The molecule has 1 aliphatic rings. The molecule has 0 spiro atoms. The SMILES string of the molecule is CCCOc1c(Cl)cc(C=CC(=O)NCc2cccc(CN3CCOCC3)c2)cc1OC. The number of carbonyl (C=O) groups excluding carboxylic acids is 1. The van der Waals surface area contributed by atoms with Crippen molar-refractivity contribution in [2.75, 3.05) is 40.0 Å². The van der Waals surface area contributed by atoms with Crippen LogP contribution < -0.4 is 14.8 Å². The summed E-state index contributed by atoms with van der Waals surface area (Å²) in [4.78, 5) is 14.7. The zero-order valence-electron chi connectivity index (χ0n) is 18.7. The Labute approximate surface area is 195 Å². The second kappa shape index (κ2) is 12.5. The van der Waals surface area contributed by atoms with Crippen LogP contribution in [0.25, 0.3) is 6.08 Å². The smallest absolute Gasteiger partial charge is 0.244 e. The van der Waals surface area contributed by atoms with Gasteiger partial charge in [-0.15, -0.1) is 0 Å². The lowest BCUT2D eigenvalue weighted by atomic mass is 10.1. The molecule has 7 heteroatoms. The maximum Gasteiger partial charge on any atom is 0.244 e. The fourth-order valence-corrected chi connectivity index (χ4v) is 3.73. The van der Waals surface area contributed by atoms with Gasteiger partial charge < -0.3 is 19.5 Å². The molecule has 0 radical (unpaired) electrons. The van der Waals surface area contributed by atoms with E-state index in [1.54, 1.807) is 25.3 Å². The summed E-state index contributed by atoms with van der Waals surface area (Å²) in [7, 11) is 1.57. The van der Waals surface area contributed by atoms with Crippen molar-refractivity contribution in [1.29, 1.82) is 0 Å². The lowest BCUT2D eigenvalue weighted by Gasteiger charge is -2.26. The second-order valence-corrected chi connectivity index (χ2v) is 8.05. The van der Waals surface area contributed by atoms with Crippen molar-refractivity contribution in [2.45, 2.75) is 26.4 Å². The second-order valence-electron chi connectivity index (χ2n) is 7.64. The van der Waals surface area contributed by atoms with Crippen molar-refractivity contribution in [3.8, 4) is 11.5 Å². The van der Waals surface area contributed by atoms with Gasteiger partial charge in [-0.05, 0) is 41.3 Å². The molecule has 32 heavy (non-hydrogen) atoms. The molecule has 1 saturated heterocycles. The Morgan fingerprint density at radius 3 is 2.75 bits per heavy atom. The van der Waals surface area contributed by atoms with E-state index in [0.717, 1.165) is 50.4 Å². The van der Waals surface area contributed by atoms with Crippen LogP contribution in [0.1, 0.15) is 30.0 Å². The van der Waals surface area contributed by atoms with E-state index in [1.807, 2.05) is 19.1 Å². The monoisotopic (exact) mass is 458 g/mol. The van der Waals surface area contributed by atoms with Crippen LogP contribution in [0.3, 0.4) is 0 Å². The van der Waals surface area contributed by atoms with Gasteiger partial charge in [0.1, 0.15) is 0 Å². The minimum Gasteiger partial charge on any atom is -0.493 e. The quantitative estimate of drug-likeness (QED) is 0.538. The number of halogens is 1. The first-order valence-electron chi connectivity index (χ1n) is 10.9. The number of hydrogen-bond acceptors (Lipinski definition) is 5. The fourth-order valence-electron chi connectivity index (χ4n) is 3.46. The molecule has 172 valence electrons. The van der Waals surface area contributed by atoms with E-state index >= 15 is 0 Å². The summed E-state index contributed by atoms with van der Waals surface area (Å²) in [5.74, 6) is 0.891. The summed E-state index contributed by atoms with van der Waals surface area (Å²) in [6, 6.07) is 11.9. The van der Waals surface area contributed by atoms with Crippen LogP contribution in [0.2, 0.25) is 5.02 Å². The van der Waals surface area contributed by atoms with Crippen molar-refractivity contribution < 1.29 is 19.0 Å². The van der Waals surface area contributed by atoms with Crippen LogP contribution in [0, 0.1) is 0 Å². The normalized spacial score (nSPS) is 14.5. The van der Waals surface area contributed by atoms with Crippen molar-refractivity contribution in [3.05, 3.63) is 64.2 Å². The zero-order chi connectivity index (χ0) is 22.8. The predicted molar refractivity (Wildman–Crippen MR) is 127 cm³/mol. The molecular weight excluding hydrogens is 428 g/mol. The third kappa shape index (κ3) is 7.26. The lowest BCUT2D eigenvalue weighted by molar-refractivity contribution is -0.116. The molecule has 1 fully saturated rings. The Balaban J connectivity index is 1.55. The number of nitrogens with one attached hydrogen (secondary N) is 1. The first-order chi connectivity index (χ1) is 15.6.